The van der Waals surface area contributed by atoms with Gasteiger partial charge in [-0.15, -0.1) is 0 Å². The van der Waals surface area contributed by atoms with Gasteiger partial charge in [0.15, 0.2) is 0 Å². The third kappa shape index (κ3) is 2.77. The van der Waals surface area contributed by atoms with E-state index in [2.05, 4.69) is 21.4 Å². The van der Waals surface area contributed by atoms with Crippen LogP contribution < -0.4 is 5.32 Å². The fourth-order valence-corrected chi connectivity index (χ4v) is 4.30. The highest BCUT2D eigenvalue weighted by Crippen LogP contribution is 2.35. The predicted octanol–water partition coefficient (Wildman–Crippen LogP) is 3.80. The molecule has 0 aliphatic heterocycles. The van der Waals surface area contributed by atoms with E-state index in [1.54, 1.807) is 23.9 Å². The molecule has 1 saturated carbocycles. The van der Waals surface area contributed by atoms with E-state index in [1.165, 1.54) is 0 Å². The highest BCUT2D eigenvalue weighted by Gasteiger charge is 2.34. The van der Waals surface area contributed by atoms with Gasteiger partial charge in [0.2, 0.25) is 5.91 Å². The van der Waals surface area contributed by atoms with Gasteiger partial charge in [0.25, 0.3) is 0 Å². The molecule has 4 aromatic rings. The Hall–Kier alpha value is -2.80. The third-order valence-corrected chi connectivity index (χ3v) is 6.43. The van der Waals surface area contributed by atoms with E-state index in [-0.39, 0.29) is 5.91 Å². The second-order valence-corrected chi connectivity index (χ2v) is 8.95. The molecule has 3 heterocycles. The lowest BCUT2D eigenvalue weighted by Gasteiger charge is -2.24. The maximum absolute atomic E-state index is 12.7. The summed E-state index contributed by atoms with van der Waals surface area (Å²) in [5, 5.41) is 4.02. The number of aryl methyl sites for hydroxylation is 1. The van der Waals surface area contributed by atoms with Crippen LogP contribution in [0.2, 0.25) is 0 Å². The van der Waals surface area contributed by atoms with Crippen molar-refractivity contribution in [1.82, 2.24) is 24.8 Å². The molecular weight excluding hydrogens is 370 g/mol. The highest BCUT2D eigenvalue weighted by molar-refractivity contribution is 7.21. The van der Waals surface area contributed by atoms with Crippen LogP contribution in [0, 0.1) is 0 Å². The summed E-state index contributed by atoms with van der Waals surface area (Å²) in [6.07, 6.45) is 5.75. The first kappa shape index (κ1) is 17.3. The molecular formula is C21H21N5OS. The monoisotopic (exact) mass is 391 g/mol. The van der Waals surface area contributed by atoms with E-state index in [4.69, 9.17) is 4.98 Å². The average Bonchev–Trinajstić information content (AvgIpc) is 3.26. The Morgan fingerprint density at radius 2 is 2.11 bits per heavy atom. The van der Waals surface area contributed by atoms with Gasteiger partial charge in [0.05, 0.1) is 23.5 Å². The first-order valence-corrected chi connectivity index (χ1v) is 10.2. The number of nitrogens with zero attached hydrogens (tertiary/aromatic N) is 4. The number of aromatic nitrogens is 4. The summed E-state index contributed by atoms with van der Waals surface area (Å²) in [7, 11) is 1.97. The Bertz CT molecular complexity index is 1220. The summed E-state index contributed by atoms with van der Waals surface area (Å²) in [5.74, 6) is 0.0784. The van der Waals surface area contributed by atoms with Gasteiger partial charge >= 0.3 is 0 Å². The summed E-state index contributed by atoms with van der Waals surface area (Å²) >= 11 is 1.56. The van der Waals surface area contributed by atoms with Crippen LogP contribution in [0.25, 0.3) is 32.0 Å². The second-order valence-electron chi connectivity index (χ2n) is 7.97. The molecule has 1 N–H and O–H groups in total. The normalized spacial score (nSPS) is 14.7. The fourth-order valence-electron chi connectivity index (χ4n) is 3.39. The largest absolute Gasteiger partial charge is 0.353 e. The Kier molecular flexibility index (Phi) is 3.77. The quantitative estimate of drug-likeness (QED) is 0.574. The Balaban J connectivity index is 1.56. The number of hydrogen-bond donors (Lipinski definition) is 1. The minimum atomic E-state index is -0.594. The molecule has 3 aromatic heterocycles. The van der Waals surface area contributed by atoms with E-state index in [0.29, 0.717) is 6.04 Å². The maximum atomic E-state index is 12.7. The smallest absolute Gasteiger partial charge is 0.230 e. The van der Waals surface area contributed by atoms with Crippen LogP contribution in [0.15, 0.2) is 36.8 Å². The number of amides is 1. The summed E-state index contributed by atoms with van der Waals surface area (Å²) < 4.78 is 1.98. The minimum Gasteiger partial charge on any atom is -0.353 e. The first-order chi connectivity index (χ1) is 13.4. The number of hydrogen-bond acceptors (Lipinski definition) is 5. The summed E-state index contributed by atoms with van der Waals surface area (Å²) in [6, 6.07) is 8.48. The molecule has 1 aliphatic carbocycles. The molecule has 0 bridgehead atoms. The number of rotatable bonds is 4. The van der Waals surface area contributed by atoms with Gasteiger partial charge < -0.3 is 9.88 Å². The second kappa shape index (κ2) is 6.10. The van der Waals surface area contributed by atoms with Crippen molar-refractivity contribution >= 4 is 38.6 Å². The van der Waals surface area contributed by atoms with Gasteiger partial charge in [-0.2, -0.15) is 0 Å². The van der Waals surface area contributed by atoms with E-state index < -0.39 is 5.41 Å². The molecule has 1 aromatic carbocycles. The van der Waals surface area contributed by atoms with Gasteiger partial charge in [-0.3, -0.25) is 4.79 Å². The van der Waals surface area contributed by atoms with Crippen molar-refractivity contribution in [3.63, 3.8) is 0 Å². The van der Waals surface area contributed by atoms with Gasteiger partial charge in [-0.05, 0) is 38.3 Å². The van der Waals surface area contributed by atoms with Crippen LogP contribution in [-0.2, 0) is 17.3 Å². The summed E-state index contributed by atoms with van der Waals surface area (Å²) in [4.78, 5) is 27.4. The summed E-state index contributed by atoms with van der Waals surface area (Å²) in [5.41, 5.74) is 4.10. The molecule has 7 heteroatoms. The van der Waals surface area contributed by atoms with Gasteiger partial charge in [0.1, 0.15) is 20.9 Å². The van der Waals surface area contributed by atoms with E-state index >= 15 is 0 Å². The summed E-state index contributed by atoms with van der Waals surface area (Å²) in [6.45, 7) is 3.95. The van der Waals surface area contributed by atoms with Crippen molar-refractivity contribution < 1.29 is 4.79 Å². The van der Waals surface area contributed by atoms with Gasteiger partial charge in [-0.25, -0.2) is 15.0 Å². The molecule has 1 aliphatic rings. The fraction of sp³-hybridized carbons (Fsp3) is 0.333. The van der Waals surface area contributed by atoms with E-state index in [1.807, 2.05) is 43.7 Å². The van der Waals surface area contributed by atoms with Crippen LogP contribution in [0.3, 0.4) is 0 Å². The van der Waals surface area contributed by atoms with Crippen molar-refractivity contribution in [3.05, 3.63) is 42.4 Å². The number of imidazole rings is 1. The number of thiazole rings is 1. The lowest BCUT2D eigenvalue weighted by atomic mass is 9.83. The third-order valence-electron chi connectivity index (χ3n) is 5.41. The number of carbonyl (C=O) groups is 1. The lowest BCUT2D eigenvalue weighted by molar-refractivity contribution is -0.125. The van der Waals surface area contributed by atoms with Crippen molar-refractivity contribution in [2.45, 2.75) is 38.1 Å². The Morgan fingerprint density at radius 3 is 2.89 bits per heavy atom. The molecule has 0 radical (unpaired) electrons. The minimum absolute atomic E-state index is 0.0784. The van der Waals surface area contributed by atoms with Crippen LogP contribution in [0.5, 0.6) is 0 Å². The average molecular weight is 392 g/mol. The molecule has 0 spiro atoms. The molecule has 1 fully saturated rings. The van der Waals surface area contributed by atoms with E-state index in [0.717, 1.165) is 50.4 Å². The van der Waals surface area contributed by atoms with Crippen molar-refractivity contribution in [2.24, 2.45) is 7.05 Å². The number of fused-ring (bicyclic) bond motifs is 3. The maximum Gasteiger partial charge on any atom is 0.230 e. The Labute approximate surface area is 166 Å². The zero-order valence-corrected chi connectivity index (χ0v) is 16.9. The molecule has 6 nitrogen and oxygen atoms in total. The predicted molar refractivity (Wildman–Crippen MR) is 111 cm³/mol. The molecule has 0 saturated heterocycles. The molecule has 142 valence electrons. The van der Waals surface area contributed by atoms with Crippen LogP contribution in [-0.4, -0.2) is 31.5 Å². The lowest BCUT2D eigenvalue weighted by Crippen LogP contribution is -2.41. The van der Waals surface area contributed by atoms with Crippen molar-refractivity contribution in [1.29, 1.82) is 0 Å². The van der Waals surface area contributed by atoms with Crippen molar-refractivity contribution in [3.8, 4) is 10.6 Å². The molecule has 5 rings (SSSR count). The number of pyridine rings is 1. The zero-order valence-electron chi connectivity index (χ0n) is 16.1. The molecule has 0 atom stereocenters. The Morgan fingerprint density at radius 1 is 1.29 bits per heavy atom. The first-order valence-electron chi connectivity index (χ1n) is 9.42. The number of carbonyl (C=O) groups excluding carboxylic acids is 1. The topological polar surface area (TPSA) is 72.7 Å². The van der Waals surface area contributed by atoms with Crippen molar-refractivity contribution in [2.75, 3.05) is 0 Å². The van der Waals surface area contributed by atoms with Crippen LogP contribution in [0.4, 0.5) is 0 Å². The van der Waals surface area contributed by atoms with Gasteiger partial charge in [0, 0.05) is 18.7 Å². The van der Waals surface area contributed by atoms with Crippen LogP contribution in [0.1, 0.15) is 32.3 Å². The highest BCUT2D eigenvalue weighted by atomic mass is 32.1. The molecule has 28 heavy (non-hydrogen) atoms. The number of benzene rings is 1. The molecule has 0 unspecified atom stereocenters. The van der Waals surface area contributed by atoms with E-state index in [9.17, 15) is 4.79 Å². The zero-order chi connectivity index (χ0) is 19.5. The number of nitrogens with one attached hydrogen (secondary N) is 1. The SMILES string of the molecule is Cn1cnc2cnc3sc(-c4cccc(C(C)(C)C(=O)NC5CC5)c4)nc3c21. The molecule has 1 amide bonds. The van der Waals surface area contributed by atoms with Gasteiger partial charge in [-0.1, -0.05) is 29.5 Å². The van der Waals surface area contributed by atoms with Crippen LogP contribution >= 0.6 is 11.3 Å². The standard InChI is InChI=1S/C21H21N5OS/c1-21(2,20(27)24-14-7-8-14)13-6-4-5-12(9-13)18-25-16-17-15(23-11-26(17)3)10-22-19(16)28-18/h4-6,9-11,14H,7-8H2,1-3H3,(H,24,27).